The quantitative estimate of drug-likeness (QED) is 0.443. The molecule has 27 heavy (non-hydrogen) atoms. The Kier molecular flexibility index (Phi) is 7.32. The Hall–Kier alpha value is -1.83. The van der Waals surface area contributed by atoms with Gasteiger partial charge >= 0.3 is 0 Å². The van der Waals surface area contributed by atoms with Crippen LogP contribution in [0, 0.1) is 5.92 Å². The second kappa shape index (κ2) is 9.92. The molecule has 3 rings (SSSR count). The number of hydrogen-bond donors (Lipinski definition) is 0. The molecule has 146 valence electrons. The van der Waals surface area contributed by atoms with E-state index >= 15 is 0 Å². The molecular weight excluding hydrogens is 335 g/mol. The minimum atomic E-state index is -0.157. The summed E-state index contributed by atoms with van der Waals surface area (Å²) in [6.45, 7) is 2.04. The molecule has 1 aliphatic rings. The fourth-order valence-electron chi connectivity index (χ4n) is 4.52. The van der Waals surface area contributed by atoms with E-state index in [1.807, 2.05) is 6.07 Å². The number of benzene rings is 2. The summed E-state index contributed by atoms with van der Waals surface area (Å²) in [6, 6.07) is 15.6. The van der Waals surface area contributed by atoms with E-state index < -0.39 is 0 Å². The van der Waals surface area contributed by atoms with Gasteiger partial charge in [0.25, 0.3) is 0 Å². The Labute approximate surface area is 164 Å². The first-order chi connectivity index (χ1) is 13.2. The second-order valence-corrected chi connectivity index (χ2v) is 7.90. The monoisotopic (exact) mass is 368 g/mol. The van der Waals surface area contributed by atoms with Crippen molar-refractivity contribution in [2.45, 2.75) is 64.2 Å². The van der Waals surface area contributed by atoms with Crippen LogP contribution in [0.3, 0.4) is 0 Å². The Morgan fingerprint density at radius 2 is 1.70 bits per heavy atom. The van der Waals surface area contributed by atoms with Crippen LogP contribution in [0.25, 0.3) is 11.1 Å². The second-order valence-electron chi connectivity index (χ2n) is 7.90. The van der Waals surface area contributed by atoms with Gasteiger partial charge in [-0.15, -0.1) is 0 Å². The molecule has 0 heterocycles. The zero-order chi connectivity index (χ0) is 19.1. The van der Waals surface area contributed by atoms with Gasteiger partial charge in [-0.05, 0) is 84.7 Å². The van der Waals surface area contributed by atoms with Crippen LogP contribution in [-0.4, -0.2) is 13.8 Å². The molecule has 2 aromatic rings. The maximum atomic E-state index is 12.3. The highest BCUT2D eigenvalue weighted by Crippen LogP contribution is 2.38. The molecule has 0 atom stereocenters. The van der Waals surface area contributed by atoms with Crippen LogP contribution < -0.4 is 4.74 Å². The number of methoxy groups -OCH3 is 1. The highest BCUT2D eigenvalue weighted by molar-refractivity contribution is 5.68. The summed E-state index contributed by atoms with van der Waals surface area (Å²) in [5, 5.41) is 0. The molecule has 1 fully saturated rings. The van der Waals surface area contributed by atoms with Crippen molar-refractivity contribution in [3.8, 4) is 16.9 Å². The number of rotatable bonds is 8. The fourth-order valence-corrected chi connectivity index (χ4v) is 4.52. The average Bonchev–Trinajstić information content (AvgIpc) is 2.74. The van der Waals surface area contributed by atoms with Gasteiger partial charge in [0.2, 0.25) is 0 Å². The molecule has 0 aliphatic heterocycles. The van der Waals surface area contributed by atoms with Crippen molar-refractivity contribution in [2.75, 3.05) is 13.8 Å². The Morgan fingerprint density at radius 3 is 2.33 bits per heavy atom. The Morgan fingerprint density at radius 1 is 0.963 bits per heavy atom. The van der Waals surface area contributed by atoms with Gasteiger partial charge < -0.3 is 4.74 Å². The summed E-state index contributed by atoms with van der Waals surface area (Å²) in [6.07, 6.45) is 9.18. The maximum Gasteiger partial charge on any atom is 0.119 e. The highest BCUT2D eigenvalue weighted by Gasteiger charge is 2.22. The molecule has 1 nitrogen and oxygen atoms in total. The van der Waals surface area contributed by atoms with Crippen LogP contribution in [0.15, 0.2) is 42.5 Å². The van der Waals surface area contributed by atoms with Crippen LogP contribution >= 0.6 is 0 Å². The molecule has 2 heteroatoms. The van der Waals surface area contributed by atoms with Crippen molar-refractivity contribution >= 4 is 0 Å². The zero-order valence-electron chi connectivity index (χ0n) is 16.8. The van der Waals surface area contributed by atoms with E-state index in [4.69, 9.17) is 4.74 Å². The summed E-state index contributed by atoms with van der Waals surface area (Å²) in [5.74, 6) is 2.44. The predicted molar refractivity (Wildman–Crippen MR) is 112 cm³/mol. The average molecular weight is 369 g/mol. The molecule has 0 spiro atoms. The van der Waals surface area contributed by atoms with Gasteiger partial charge in [0.05, 0.1) is 13.8 Å². The van der Waals surface area contributed by atoms with Gasteiger partial charge in [0, 0.05) is 0 Å². The van der Waals surface area contributed by atoms with Crippen molar-refractivity contribution in [3.63, 3.8) is 0 Å². The molecule has 0 N–H and O–H groups in total. The third-order valence-corrected chi connectivity index (χ3v) is 6.23. The van der Waals surface area contributed by atoms with Gasteiger partial charge in [-0.2, -0.15) is 0 Å². The summed E-state index contributed by atoms with van der Waals surface area (Å²) in [7, 11) is 1.72. The summed E-state index contributed by atoms with van der Waals surface area (Å²) < 4.78 is 17.6. The van der Waals surface area contributed by atoms with Crippen molar-refractivity contribution in [1.29, 1.82) is 0 Å². The normalized spacial score (nSPS) is 19.8. The number of unbranched alkanes of at least 4 members (excludes halogenated alkanes) is 1. The molecule has 2 aromatic carbocycles. The lowest BCUT2D eigenvalue weighted by molar-refractivity contribution is 0.298. The largest absolute Gasteiger partial charge is 0.497 e. The van der Waals surface area contributed by atoms with E-state index in [1.54, 1.807) is 7.11 Å². The summed E-state index contributed by atoms with van der Waals surface area (Å²) in [5.41, 5.74) is 5.41. The maximum absolute atomic E-state index is 12.3. The van der Waals surface area contributed by atoms with Crippen LogP contribution in [-0.2, 0) is 6.42 Å². The summed E-state index contributed by atoms with van der Waals surface area (Å²) in [4.78, 5) is 0. The molecule has 0 aromatic heterocycles. The first kappa shape index (κ1) is 19.9. The number of hydrogen-bond acceptors (Lipinski definition) is 1. The molecule has 1 aliphatic carbocycles. The molecule has 0 unspecified atom stereocenters. The molecule has 0 saturated heterocycles. The van der Waals surface area contributed by atoms with E-state index in [9.17, 15) is 4.39 Å². The van der Waals surface area contributed by atoms with Gasteiger partial charge in [-0.25, -0.2) is 0 Å². The predicted octanol–water partition coefficient (Wildman–Crippen LogP) is 7.34. The Bertz CT molecular complexity index is 699. The van der Waals surface area contributed by atoms with Crippen molar-refractivity contribution < 1.29 is 9.13 Å². The molecular formula is C25H33FO. The number of aryl methyl sites for hydroxylation is 1. The van der Waals surface area contributed by atoms with E-state index in [0.717, 1.165) is 30.9 Å². The minimum absolute atomic E-state index is 0.157. The van der Waals surface area contributed by atoms with Crippen molar-refractivity contribution in [2.24, 2.45) is 5.92 Å². The van der Waals surface area contributed by atoms with Gasteiger partial charge in [-0.1, -0.05) is 50.1 Å². The van der Waals surface area contributed by atoms with E-state index in [1.165, 1.54) is 54.4 Å². The molecule has 1 saturated carbocycles. The van der Waals surface area contributed by atoms with E-state index in [0.29, 0.717) is 5.92 Å². The SMILES string of the molecule is CCc1cc(OC)ccc1-c1ccc(C2CCC(CCCCF)CC2)cc1. The third kappa shape index (κ3) is 5.12. The van der Waals surface area contributed by atoms with E-state index in [2.05, 4.69) is 43.3 Å². The van der Waals surface area contributed by atoms with Crippen molar-refractivity contribution in [3.05, 3.63) is 53.6 Å². The molecule has 0 radical (unpaired) electrons. The van der Waals surface area contributed by atoms with Crippen molar-refractivity contribution in [1.82, 2.24) is 0 Å². The molecule has 0 bridgehead atoms. The third-order valence-electron chi connectivity index (χ3n) is 6.23. The smallest absolute Gasteiger partial charge is 0.119 e. The van der Waals surface area contributed by atoms with Crippen LogP contribution in [0.5, 0.6) is 5.75 Å². The van der Waals surface area contributed by atoms with Gasteiger partial charge in [0.15, 0.2) is 0 Å². The topological polar surface area (TPSA) is 9.23 Å². The number of ether oxygens (including phenoxy) is 1. The van der Waals surface area contributed by atoms with Crippen LogP contribution in [0.2, 0.25) is 0 Å². The molecule has 0 amide bonds. The fraction of sp³-hybridized carbons (Fsp3) is 0.520. The lowest BCUT2D eigenvalue weighted by atomic mass is 9.77. The first-order valence-electron chi connectivity index (χ1n) is 10.6. The minimum Gasteiger partial charge on any atom is -0.497 e. The zero-order valence-corrected chi connectivity index (χ0v) is 16.8. The number of alkyl halides is 1. The first-order valence-corrected chi connectivity index (χ1v) is 10.6. The standard InChI is InChI=1S/C25H33FO/c1-3-20-18-24(27-2)15-16-25(20)23-13-11-22(12-14-23)21-9-7-19(8-10-21)6-4-5-17-26/h11-16,18-19,21H,3-10,17H2,1-2H3. The van der Waals surface area contributed by atoms with E-state index in [-0.39, 0.29) is 6.67 Å². The summed E-state index contributed by atoms with van der Waals surface area (Å²) >= 11 is 0. The van der Waals surface area contributed by atoms with Crippen LogP contribution in [0.1, 0.15) is 68.9 Å². The van der Waals surface area contributed by atoms with Gasteiger partial charge in [-0.3, -0.25) is 4.39 Å². The van der Waals surface area contributed by atoms with Gasteiger partial charge in [0.1, 0.15) is 5.75 Å². The lowest BCUT2D eigenvalue weighted by Crippen LogP contribution is -2.13. The van der Waals surface area contributed by atoms with Crippen LogP contribution in [0.4, 0.5) is 4.39 Å². The highest BCUT2D eigenvalue weighted by atomic mass is 19.1. The lowest BCUT2D eigenvalue weighted by Gasteiger charge is -2.29. The number of halogens is 1. The Balaban J connectivity index is 1.63.